The van der Waals surface area contributed by atoms with Gasteiger partial charge in [0, 0.05) is 33.0 Å². The summed E-state index contributed by atoms with van der Waals surface area (Å²) < 4.78 is 6.96. The summed E-state index contributed by atoms with van der Waals surface area (Å²) in [5, 5.41) is 2.10. The lowest BCUT2D eigenvalue weighted by Crippen LogP contribution is -2.00. The molecule has 0 unspecified atom stereocenters. The fraction of sp³-hybridized carbons (Fsp3) is 0.0172. The average Bonchev–Trinajstić information content (AvgIpc) is 3.74. The Labute approximate surface area is 360 Å². The molecule has 0 atom stereocenters. The van der Waals surface area contributed by atoms with Crippen molar-refractivity contribution in [2.24, 2.45) is 0 Å². The van der Waals surface area contributed by atoms with Gasteiger partial charge in [-0.1, -0.05) is 194 Å². The van der Waals surface area contributed by atoms with Crippen molar-refractivity contribution < 1.29 is 4.42 Å². The first-order valence-corrected chi connectivity index (χ1v) is 20.9. The minimum atomic E-state index is 0.569. The van der Waals surface area contributed by atoms with E-state index in [0.29, 0.717) is 17.5 Å². The molecule has 11 rings (SSSR count). The molecule has 0 aliphatic carbocycles. The summed E-state index contributed by atoms with van der Waals surface area (Å²) in [5.41, 5.74) is 16.7. The molecule has 62 heavy (non-hydrogen) atoms. The molecule has 0 fully saturated rings. The highest BCUT2D eigenvalue weighted by molar-refractivity contribution is 6.16. The SMILES string of the molecule is Cc1ccc(-c2cccc(-c3nc(-c4ccc(-c5ccccc5)cc4)nc(-c4ccc5c(c4)oc4c(-c6ccccc6)ccc(-c6cccc(-c7ccccc7)c6)c45)n3)c2)cc1. The van der Waals surface area contributed by atoms with Crippen LogP contribution in [0.15, 0.2) is 223 Å². The number of aryl methyl sites for hydroxylation is 1. The lowest BCUT2D eigenvalue weighted by molar-refractivity contribution is 0.670. The van der Waals surface area contributed by atoms with Gasteiger partial charge in [0.15, 0.2) is 17.5 Å². The quantitative estimate of drug-likeness (QED) is 0.154. The number of aromatic nitrogens is 3. The molecule has 0 N–H and O–H groups in total. The summed E-state index contributed by atoms with van der Waals surface area (Å²) in [6, 6.07) is 76.4. The molecular formula is C58H39N3O. The number of furan rings is 1. The Morgan fingerprint density at radius 2 is 0.726 bits per heavy atom. The van der Waals surface area contributed by atoms with Crippen LogP contribution in [0.25, 0.3) is 112 Å². The van der Waals surface area contributed by atoms with Crippen molar-refractivity contribution in [2.75, 3.05) is 0 Å². The minimum absolute atomic E-state index is 0.569. The normalized spacial score (nSPS) is 11.3. The fourth-order valence-corrected chi connectivity index (χ4v) is 8.39. The highest BCUT2D eigenvalue weighted by Crippen LogP contribution is 2.43. The van der Waals surface area contributed by atoms with Crippen LogP contribution in [-0.4, -0.2) is 15.0 Å². The standard InChI is InChI=1S/C58H39N3O/c1-38-23-25-42(26-24-38)46-20-12-22-48(36-46)57-59-56(44-29-27-41(28-30-44)39-13-5-2-6-14-39)60-58(61-57)49-31-32-52-53(37-49)62-55-51(43-17-9-4-10-18-43)34-33-50(54(52)55)47-21-11-19-45(35-47)40-15-7-3-8-16-40/h2-37H,1H3. The third kappa shape index (κ3) is 7.04. The predicted molar refractivity (Wildman–Crippen MR) is 255 cm³/mol. The van der Waals surface area contributed by atoms with Gasteiger partial charge in [0.05, 0.1) is 0 Å². The zero-order chi connectivity index (χ0) is 41.4. The van der Waals surface area contributed by atoms with Gasteiger partial charge in [-0.3, -0.25) is 0 Å². The van der Waals surface area contributed by atoms with E-state index in [9.17, 15) is 0 Å². The molecule has 0 aliphatic heterocycles. The van der Waals surface area contributed by atoms with E-state index in [0.717, 1.165) is 83.1 Å². The maximum Gasteiger partial charge on any atom is 0.164 e. The first-order chi connectivity index (χ1) is 30.6. The molecule has 2 aromatic heterocycles. The molecule has 4 heteroatoms. The summed E-state index contributed by atoms with van der Waals surface area (Å²) in [4.78, 5) is 15.5. The van der Waals surface area contributed by atoms with E-state index in [1.165, 1.54) is 16.7 Å². The lowest BCUT2D eigenvalue weighted by atomic mass is 9.93. The fourth-order valence-electron chi connectivity index (χ4n) is 8.39. The van der Waals surface area contributed by atoms with Crippen molar-refractivity contribution in [1.29, 1.82) is 0 Å². The number of hydrogen-bond donors (Lipinski definition) is 0. The first kappa shape index (κ1) is 36.8. The second-order valence-corrected chi connectivity index (χ2v) is 15.7. The van der Waals surface area contributed by atoms with E-state index in [4.69, 9.17) is 19.4 Å². The maximum atomic E-state index is 6.96. The Balaban J connectivity index is 1.07. The second-order valence-electron chi connectivity index (χ2n) is 15.7. The highest BCUT2D eigenvalue weighted by atomic mass is 16.3. The van der Waals surface area contributed by atoms with Crippen molar-refractivity contribution >= 4 is 21.9 Å². The van der Waals surface area contributed by atoms with Gasteiger partial charge < -0.3 is 4.42 Å². The average molecular weight is 794 g/mol. The van der Waals surface area contributed by atoms with Crippen LogP contribution in [-0.2, 0) is 0 Å². The zero-order valence-electron chi connectivity index (χ0n) is 34.0. The van der Waals surface area contributed by atoms with Gasteiger partial charge in [0.25, 0.3) is 0 Å². The number of benzene rings is 9. The number of nitrogens with zero attached hydrogens (tertiary/aromatic N) is 3. The van der Waals surface area contributed by atoms with E-state index in [1.807, 2.05) is 12.1 Å². The second kappa shape index (κ2) is 15.8. The van der Waals surface area contributed by atoms with Crippen LogP contribution in [0.2, 0.25) is 0 Å². The number of hydrogen-bond acceptors (Lipinski definition) is 4. The number of fused-ring (bicyclic) bond motifs is 3. The molecule has 292 valence electrons. The topological polar surface area (TPSA) is 51.8 Å². The molecule has 0 aliphatic rings. The molecule has 9 aromatic carbocycles. The Morgan fingerprint density at radius 3 is 1.37 bits per heavy atom. The summed E-state index contributed by atoms with van der Waals surface area (Å²) >= 11 is 0. The number of rotatable bonds is 8. The van der Waals surface area contributed by atoms with Crippen LogP contribution in [0.5, 0.6) is 0 Å². The Hall–Kier alpha value is -8.21. The molecule has 0 spiro atoms. The van der Waals surface area contributed by atoms with Crippen molar-refractivity contribution in [3.05, 3.63) is 224 Å². The van der Waals surface area contributed by atoms with Crippen LogP contribution in [0.4, 0.5) is 0 Å². The van der Waals surface area contributed by atoms with Crippen molar-refractivity contribution in [3.8, 4) is 89.8 Å². The molecule has 4 nitrogen and oxygen atoms in total. The largest absolute Gasteiger partial charge is 0.455 e. The highest BCUT2D eigenvalue weighted by Gasteiger charge is 2.20. The minimum Gasteiger partial charge on any atom is -0.455 e. The predicted octanol–water partition coefficient (Wildman–Crippen LogP) is 15.4. The van der Waals surface area contributed by atoms with Gasteiger partial charge in [-0.2, -0.15) is 0 Å². The van der Waals surface area contributed by atoms with Gasteiger partial charge in [0.2, 0.25) is 0 Å². The van der Waals surface area contributed by atoms with Gasteiger partial charge in [-0.05, 0) is 87.3 Å². The van der Waals surface area contributed by atoms with Crippen LogP contribution in [0.1, 0.15) is 5.56 Å². The van der Waals surface area contributed by atoms with E-state index < -0.39 is 0 Å². The summed E-state index contributed by atoms with van der Waals surface area (Å²) in [5.74, 6) is 1.77. The Kier molecular flexibility index (Phi) is 9.36. The van der Waals surface area contributed by atoms with Crippen LogP contribution >= 0.6 is 0 Å². The van der Waals surface area contributed by atoms with Crippen LogP contribution in [0, 0.1) is 6.92 Å². The van der Waals surface area contributed by atoms with E-state index in [1.54, 1.807) is 0 Å². The van der Waals surface area contributed by atoms with Crippen LogP contribution < -0.4 is 0 Å². The van der Waals surface area contributed by atoms with Crippen molar-refractivity contribution in [2.45, 2.75) is 6.92 Å². The summed E-state index contributed by atoms with van der Waals surface area (Å²) in [6.07, 6.45) is 0. The molecule has 0 saturated heterocycles. The molecule has 11 aromatic rings. The summed E-state index contributed by atoms with van der Waals surface area (Å²) in [6.45, 7) is 2.11. The lowest BCUT2D eigenvalue weighted by Gasteiger charge is -2.11. The monoisotopic (exact) mass is 793 g/mol. The summed E-state index contributed by atoms with van der Waals surface area (Å²) in [7, 11) is 0. The first-order valence-electron chi connectivity index (χ1n) is 20.9. The molecule has 0 saturated carbocycles. The van der Waals surface area contributed by atoms with E-state index >= 15 is 0 Å². The maximum absolute atomic E-state index is 6.96. The third-order valence-electron chi connectivity index (χ3n) is 11.6. The molecule has 0 bridgehead atoms. The molecule has 2 heterocycles. The third-order valence-corrected chi connectivity index (χ3v) is 11.6. The van der Waals surface area contributed by atoms with Gasteiger partial charge in [0.1, 0.15) is 11.2 Å². The van der Waals surface area contributed by atoms with Crippen molar-refractivity contribution in [1.82, 2.24) is 15.0 Å². The van der Waals surface area contributed by atoms with Gasteiger partial charge in [-0.15, -0.1) is 0 Å². The van der Waals surface area contributed by atoms with Crippen LogP contribution in [0.3, 0.4) is 0 Å². The molecular weight excluding hydrogens is 755 g/mol. The smallest absolute Gasteiger partial charge is 0.164 e. The molecule has 0 amide bonds. The Bertz CT molecular complexity index is 3380. The van der Waals surface area contributed by atoms with Gasteiger partial charge >= 0.3 is 0 Å². The van der Waals surface area contributed by atoms with E-state index in [-0.39, 0.29) is 0 Å². The van der Waals surface area contributed by atoms with E-state index in [2.05, 4.69) is 213 Å². The molecule has 0 radical (unpaired) electrons. The zero-order valence-corrected chi connectivity index (χ0v) is 34.0. The van der Waals surface area contributed by atoms with Crippen molar-refractivity contribution in [3.63, 3.8) is 0 Å². The van der Waals surface area contributed by atoms with Gasteiger partial charge in [-0.25, -0.2) is 15.0 Å². The Morgan fingerprint density at radius 1 is 0.306 bits per heavy atom.